The van der Waals surface area contributed by atoms with Crippen molar-refractivity contribution >= 4 is 17.6 Å². The summed E-state index contributed by atoms with van der Waals surface area (Å²) in [5, 5.41) is 0. The Labute approximate surface area is 212 Å². The van der Waals surface area contributed by atoms with E-state index in [0.29, 0.717) is 49.8 Å². The number of hydrogen-bond acceptors (Lipinski definition) is 6. The van der Waals surface area contributed by atoms with Crippen LogP contribution < -0.4 is 10.5 Å². The number of carbonyl (C=O) groups excluding carboxylic acids is 2. The quantitative estimate of drug-likeness (QED) is 0.651. The maximum atomic E-state index is 13.5. The van der Waals surface area contributed by atoms with Crippen LogP contribution in [0.3, 0.4) is 0 Å². The molecule has 0 aliphatic carbocycles. The first-order valence-electron chi connectivity index (χ1n) is 13.2. The van der Waals surface area contributed by atoms with Crippen molar-refractivity contribution in [1.29, 1.82) is 0 Å². The maximum absolute atomic E-state index is 13.5. The van der Waals surface area contributed by atoms with Gasteiger partial charge in [0, 0.05) is 37.9 Å². The molecule has 0 radical (unpaired) electrons. The molecule has 1 spiro atoms. The number of fused-ring (bicyclic) bond motifs is 2. The average molecular weight is 493 g/mol. The van der Waals surface area contributed by atoms with Gasteiger partial charge in [0.15, 0.2) is 0 Å². The zero-order chi connectivity index (χ0) is 25.0. The molecule has 0 bridgehead atoms. The number of anilines is 1. The Hall–Kier alpha value is -3.13. The fourth-order valence-electron chi connectivity index (χ4n) is 5.77. The summed E-state index contributed by atoms with van der Waals surface area (Å²) in [5.74, 6) is 0.872. The fraction of sp³-hybridized carbons (Fsp3) is 0.536. The van der Waals surface area contributed by atoms with Crippen LogP contribution in [0.25, 0.3) is 0 Å². The van der Waals surface area contributed by atoms with Gasteiger partial charge >= 0.3 is 0 Å². The molecule has 1 aromatic heterocycles. The van der Waals surface area contributed by atoms with Gasteiger partial charge in [-0.05, 0) is 62.8 Å². The minimum atomic E-state index is -0.0678. The fourth-order valence-corrected chi connectivity index (χ4v) is 5.77. The van der Waals surface area contributed by atoms with E-state index in [9.17, 15) is 9.59 Å². The largest absolute Gasteiger partial charge is 0.492 e. The van der Waals surface area contributed by atoms with Crippen LogP contribution in [-0.2, 0) is 4.74 Å². The summed E-state index contributed by atoms with van der Waals surface area (Å²) in [6, 6.07) is 11.2. The van der Waals surface area contributed by atoms with Gasteiger partial charge in [-0.3, -0.25) is 9.59 Å². The summed E-state index contributed by atoms with van der Waals surface area (Å²) < 4.78 is 12.4. The number of aromatic nitrogens is 1. The smallest absolute Gasteiger partial charge is 0.257 e. The Morgan fingerprint density at radius 3 is 2.69 bits per heavy atom. The van der Waals surface area contributed by atoms with Crippen LogP contribution in [-0.4, -0.2) is 72.1 Å². The molecule has 36 heavy (non-hydrogen) atoms. The molecule has 8 nitrogen and oxygen atoms in total. The van der Waals surface area contributed by atoms with Crippen LogP contribution in [0.4, 0.5) is 5.82 Å². The van der Waals surface area contributed by atoms with Gasteiger partial charge in [-0.25, -0.2) is 4.98 Å². The van der Waals surface area contributed by atoms with Crippen LogP contribution >= 0.6 is 0 Å². The van der Waals surface area contributed by atoms with E-state index in [4.69, 9.17) is 15.2 Å². The van der Waals surface area contributed by atoms with Crippen molar-refractivity contribution in [3.8, 4) is 5.75 Å². The molecule has 0 unspecified atom stereocenters. The Morgan fingerprint density at radius 2 is 1.86 bits per heavy atom. The number of hydrogen-bond donors (Lipinski definition) is 1. The summed E-state index contributed by atoms with van der Waals surface area (Å²) in [6.07, 6.45) is 8.28. The highest BCUT2D eigenvalue weighted by Crippen LogP contribution is 2.39. The highest BCUT2D eigenvalue weighted by atomic mass is 16.5. The van der Waals surface area contributed by atoms with E-state index in [-0.39, 0.29) is 29.1 Å². The summed E-state index contributed by atoms with van der Waals surface area (Å²) in [4.78, 5) is 34.4. The zero-order valence-electron chi connectivity index (χ0n) is 20.9. The second-order valence-corrected chi connectivity index (χ2v) is 10.3. The summed E-state index contributed by atoms with van der Waals surface area (Å²) in [6.45, 7) is 3.87. The number of amides is 2. The van der Waals surface area contributed by atoms with Crippen LogP contribution in [0, 0.1) is 5.41 Å². The SMILES string of the molecule is Nc1ncccc1C(=O)N1CCC2(CCCCOC[C@@H]3CCCN3C(=O)c3ccccc3OC2)CC1. The van der Waals surface area contributed by atoms with Gasteiger partial charge in [0.2, 0.25) is 0 Å². The van der Waals surface area contributed by atoms with Crippen LogP contribution in [0.15, 0.2) is 42.6 Å². The number of para-hydroxylation sites is 1. The highest BCUT2D eigenvalue weighted by molar-refractivity contribution is 5.98. The van der Waals surface area contributed by atoms with E-state index in [1.807, 2.05) is 34.1 Å². The lowest BCUT2D eigenvalue weighted by atomic mass is 9.75. The van der Waals surface area contributed by atoms with Crippen molar-refractivity contribution in [2.75, 3.05) is 45.2 Å². The molecule has 8 heteroatoms. The Bertz CT molecular complexity index is 1080. The summed E-state index contributed by atoms with van der Waals surface area (Å²) >= 11 is 0. The highest BCUT2D eigenvalue weighted by Gasteiger charge is 2.38. The molecular formula is C28H36N4O4. The molecule has 2 saturated heterocycles. The Balaban J connectivity index is 1.32. The minimum absolute atomic E-state index is 0.0253. The number of nitrogens with zero attached hydrogens (tertiary/aromatic N) is 3. The lowest BCUT2D eigenvalue weighted by Gasteiger charge is -2.42. The van der Waals surface area contributed by atoms with Gasteiger partial charge in [0.05, 0.1) is 30.4 Å². The van der Waals surface area contributed by atoms with E-state index >= 15 is 0 Å². The molecule has 3 aliphatic rings. The number of piperidine rings is 1. The molecule has 2 aromatic rings. The van der Waals surface area contributed by atoms with Gasteiger partial charge in [-0.2, -0.15) is 0 Å². The van der Waals surface area contributed by atoms with Crippen molar-refractivity contribution in [1.82, 2.24) is 14.8 Å². The zero-order valence-corrected chi connectivity index (χ0v) is 20.9. The number of rotatable bonds is 1. The number of likely N-dealkylation sites (tertiary alicyclic amines) is 1. The summed E-state index contributed by atoms with van der Waals surface area (Å²) in [7, 11) is 0. The first-order valence-corrected chi connectivity index (χ1v) is 13.2. The van der Waals surface area contributed by atoms with Crippen LogP contribution in [0.1, 0.15) is 65.7 Å². The molecule has 2 fully saturated rings. The van der Waals surface area contributed by atoms with Crippen LogP contribution in [0.2, 0.25) is 0 Å². The Morgan fingerprint density at radius 1 is 1.03 bits per heavy atom. The molecule has 1 atom stereocenters. The number of nitrogen functional groups attached to an aromatic ring is 1. The van der Waals surface area contributed by atoms with Crippen molar-refractivity contribution in [3.63, 3.8) is 0 Å². The molecule has 2 amide bonds. The third kappa shape index (κ3) is 5.19. The lowest BCUT2D eigenvalue weighted by molar-refractivity contribution is 0.0303. The predicted octanol–water partition coefficient (Wildman–Crippen LogP) is 3.77. The second kappa shape index (κ2) is 10.9. The Kier molecular flexibility index (Phi) is 7.41. The van der Waals surface area contributed by atoms with Crippen molar-refractivity contribution < 1.29 is 19.1 Å². The van der Waals surface area contributed by atoms with E-state index in [1.165, 1.54) is 0 Å². The topological polar surface area (TPSA) is 98.0 Å². The van der Waals surface area contributed by atoms with E-state index < -0.39 is 0 Å². The predicted molar refractivity (Wildman–Crippen MR) is 137 cm³/mol. The van der Waals surface area contributed by atoms with Gasteiger partial charge in [0.25, 0.3) is 11.8 Å². The molecule has 5 rings (SSSR count). The van der Waals surface area contributed by atoms with Crippen molar-refractivity contribution in [2.24, 2.45) is 5.41 Å². The molecule has 2 N–H and O–H groups in total. The maximum Gasteiger partial charge on any atom is 0.257 e. The number of nitrogens with two attached hydrogens (primary N) is 1. The van der Waals surface area contributed by atoms with E-state index in [2.05, 4.69) is 4.98 Å². The van der Waals surface area contributed by atoms with Crippen molar-refractivity contribution in [2.45, 2.75) is 51.0 Å². The molecule has 192 valence electrons. The van der Waals surface area contributed by atoms with E-state index in [0.717, 1.165) is 51.5 Å². The van der Waals surface area contributed by atoms with Gasteiger partial charge in [0.1, 0.15) is 11.6 Å². The third-order valence-corrected chi connectivity index (χ3v) is 8.03. The lowest BCUT2D eigenvalue weighted by Crippen LogP contribution is -2.46. The second-order valence-electron chi connectivity index (χ2n) is 10.3. The minimum Gasteiger partial charge on any atom is -0.492 e. The monoisotopic (exact) mass is 492 g/mol. The molecule has 4 heterocycles. The number of benzene rings is 1. The summed E-state index contributed by atoms with van der Waals surface area (Å²) in [5.41, 5.74) is 6.97. The molecule has 3 aliphatic heterocycles. The average Bonchev–Trinajstić information content (AvgIpc) is 3.38. The standard InChI is InChI=1S/C28H36N4O4/c29-25-23(9-5-14-30-25)26(33)31-16-12-28(13-17-31)11-3-4-18-35-19-21-7-6-15-32(21)27(34)22-8-1-2-10-24(22)36-20-28/h1-2,5,8-10,14,21H,3-4,6-7,11-13,15-20H2,(H2,29,30)/t21-/m0/s1. The van der Waals surface area contributed by atoms with Crippen LogP contribution in [0.5, 0.6) is 5.75 Å². The third-order valence-electron chi connectivity index (χ3n) is 8.03. The van der Waals surface area contributed by atoms with Gasteiger partial charge in [-0.1, -0.05) is 18.6 Å². The first kappa shape index (κ1) is 24.6. The van der Waals surface area contributed by atoms with E-state index in [1.54, 1.807) is 18.3 Å². The van der Waals surface area contributed by atoms with Gasteiger partial charge in [-0.15, -0.1) is 0 Å². The van der Waals surface area contributed by atoms with Crippen molar-refractivity contribution in [3.05, 3.63) is 53.7 Å². The van der Waals surface area contributed by atoms with Gasteiger partial charge < -0.3 is 25.0 Å². The normalized spacial score (nSPS) is 22.9. The molecule has 0 saturated carbocycles. The first-order chi connectivity index (χ1) is 17.6. The number of carbonyl (C=O) groups is 2. The number of pyridine rings is 1. The number of ether oxygens (including phenoxy) is 2. The molecule has 1 aromatic carbocycles. The molecular weight excluding hydrogens is 456 g/mol.